The third-order valence-electron chi connectivity index (χ3n) is 3.79. The van der Waals surface area contributed by atoms with Crippen molar-refractivity contribution in [3.8, 4) is 0 Å². The Morgan fingerprint density at radius 2 is 1.64 bits per heavy atom. The normalized spacial score (nSPS) is 17.3. The van der Waals surface area contributed by atoms with E-state index in [1.807, 2.05) is 24.3 Å². The van der Waals surface area contributed by atoms with Crippen molar-refractivity contribution in [2.45, 2.75) is 23.2 Å². The summed E-state index contributed by atoms with van der Waals surface area (Å²) in [5, 5.41) is 3.18. The van der Waals surface area contributed by atoms with Gasteiger partial charge < -0.3 is 10.1 Å². The summed E-state index contributed by atoms with van der Waals surface area (Å²) in [6.07, 6.45) is 0.343. The number of alkyl halides is 1. The predicted molar refractivity (Wildman–Crippen MR) is 95.4 cm³/mol. The van der Waals surface area contributed by atoms with Crippen LogP contribution in [0.25, 0.3) is 0 Å². The first-order valence-electron chi connectivity index (χ1n) is 7.69. The monoisotopic (exact) mass is 380 g/mol. The Bertz CT molecular complexity index is 851. The number of ether oxygens (including phenoxy) is 1. The van der Waals surface area contributed by atoms with Crippen LogP contribution < -0.4 is 10.0 Å². The Labute approximate surface area is 151 Å². The molecule has 0 amide bonds. The van der Waals surface area contributed by atoms with E-state index in [1.54, 1.807) is 12.1 Å². The van der Waals surface area contributed by atoms with Gasteiger partial charge in [0.1, 0.15) is 6.04 Å². The molecule has 1 atom stereocenters. The maximum atomic E-state index is 12.3. The molecule has 1 aliphatic heterocycles. The molecule has 2 aromatic rings. The molecule has 1 heterocycles. The number of benzene rings is 2. The lowest BCUT2D eigenvalue weighted by atomic mass is 10.2. The molecule has 6 nitrogen and oxygen atoms in total. The molecule has 0 saturated carbocycles. The number of sulfonamides is 1. The average Bonchev–Trinajstić information content (AvgIpc) is 3.00. The third-order valence-corrected chi connectivity index (χ3v) is 5.59. The van der Waals surface area contributed by atoms with Crippen molar-refractivity contribution < 1.29 is 17.9 Å². The van der Waals surface area contributed by atoms with Crippen molar-refractivity contribution in [3.05, 3.63) is 54.1 Å². The number of nitrogens with one attached hydrogen (secondary N) is 2. The molecule has 0 radical (unpaired) electrons. The molecule has 1 saturated heterocycles. The fourth-order valence-corrected chi connectivity index (χ4v) is 3.82. The number of halogens is 1. The summed E-state index contributed by atoms with van der Waals surface area (Å²) in [5.41, 5.74) is 2.64. The van der Waals surface area contributed by atoms with E-state index in [2.05, 4.69) is 10.0 Å². The SMILES string of the molecule is O=C1OCC[C@@H]1NS(=O)(=O)c1ccc(Nc2ccc(CCl)cc2)cc1. The van der Waals surface area contributed by atoms with Crippen LogP contribution in [0.5, 0.6) is 0 Å². The van der Waals surface area contributed by atoms with E-state index < -0.39 is 22.0 Å². The second-order valence-corrected chi connectivity index (χ2v) is 7.59. The average molecular weight is 381 g/mol. The van der Waals surface area contributed by atoms with E-state index >= 15 is 0 Å². The van der Waals surface area contributed by atoms with E-state index in [4.69, 9.17) is 16.3 Å². The molecular weight excluding hydrogens is 364 g/mol. The van der Waals surface area contributed by atoms with Gasteiger partial charge in [-0.3, -0.25) is 4.79 Å². The quantitative estimate of drug-likeness (QED) is 0.594. The Morgan fingerprint density at radius 3 is 2.16 bits per heavy atom. The van der Waals surface area contributed by atoms with Crippen LogP contribution in [0.1, 0.15) is 12.0 Å². The molecule has 2 aromatic carbocycles. The molecule has 0 spiro atoms. The molecular formula is C17H17ClN2O4S. The largest absolute Gasteiger partial charge is 0.464 e. The standard InChI is InChI=1S/C17H17ClN2O4S/c18-11-12-1-3-13(4-2-12)19-14-5-7-15(8-6-14)25(22,23)20-16-9-10-24-17(16)21/h1-8,16,19-20H,9-11H2/t16-/m0/s1. The highest BCUT2D eigenvalue weighted by Gasteiger charge is 2.31. The minimum absolute atomic E-state index is 0.0928. The number of carbonyl (C=O) groups excluding carboxylic acids is 1. The van der Waals surface area contributed by atoms with E-state index in [1.165, 1.54) is 12.1 Å². The molecule has 0 unspecified atom stereocenters. The van der Waals surface area contributed by atoms with Gasteiger partial charge in [0.05, 0.1) is 11.5 Å². The Hall–Kier alpha value is -2.09. The van der Waals surface area contributed by atoms with Crippen LogP contribution >= 0.6 is 11.6 Å². The molecule has 3 rings (SSSR count). The van der Waals surface area contributed by atoms with E-state index in [-0.39, 0.29) is 11.5 Å². The highest BCUT2D eigenvalue weighted by molar-refractivity contribution is 7.89. The summed E-state index contributed by atoms with van der Waals surface area (Å²) in [6.45, 7) is 0.234. The Kier molecular flexibility index (Phi) is 5.27. The molecule has 25 heavy (non-hydrogen) atoms. The summed E-state index contributed by atoms with van der Waals surface area (Å²) in [7, 11) is -3.77. The van der Waals surface area contributed by atoms with Crippen LogP contribution in [0, 0.1) is 0 Å². The van der Waals surface area contributed by atoms with Crippen LogP contribution in [0.4, 0.5) is 11.4 Å². The van der Waals surface area contributed by atoms with Gasteiger partial charge in [0.25, 0.3) is 0 Å². The zero-order valence-electron chi connectivity index (χ0n) is 13.2. The fraction of sp³-hybridized carbons (Fsp3) is 0.235. The number of hydrogen-bond acceptors (Lipinski definition) is 5. The lowest BCUT2D eigenvalue weighted by molar-refractivity contribution is -0.139. The van der Waals surface area contributed by atoms with Gasteiger partial charge in [-0.2, -0.15) is 4.72 Å². The summed E-state index contributed by atoms with van der Waals surface area (Å²) < 4.78 is 31.8. The summed E-state index contributed by atoms with van der Waals surface area (Å²) in [4.78, 5) is 11.5. The predicted octanol–water partition coefficient (Wildman–Crippen LogP) is 2.76. The van der Waals surface area contributed by atoms with Crippen LogP contribution in [-0.4, -0.2) is 27.0 Å². The number of anilines is 2. The summed E-state index contributed by atoms with van der Waals surface area (Å²) in [6, 6.07) is 13.1. The lowest BCUT2D eigenvalue weighted by Gasteiger charge is -2.11. The van der Waals surface area contributed by atoms with Crippen molar-refractivity contribution in [2.24, 2.45) is 0 Å². The number of cyclic esters (lactones) is 1. The summed E-state index contributed by atoms with van der Waals surface area (Å²) in [5.74, 6) is -0.0868. The number of carbonyl (C=O) groups is 1. The maximum absolute atomic E-state index is 12.3. The van der Waals surface area contributed by atoms with Gasteiger partial charge in [0.2, 0.25) is 10.0 Å². The third kappa shape index (κ3) is 4.31. The van der Waals surface area contributed by atoms with Crippen LogP contribution in [0.2, 0.25) is 0 Å². The van der Waals surface area contributed by atoms with Gasteiger partial charge in [-0.05, 0) is 42.0 Å². The molecule has 0 aliphatic carbocycles. The Balaban J connectivity index is 1.69. The number of hydrogen-bond donors (Lipinski definition) is 2. The van der Waals surface area contributed by atoms with Gasteiger partial charge in [0, 0.05) is 23.7 Å². The smallest absolute Gasteiger partial charge is 0.324 e. The highest BCUT2D eigenvalue weighted by Crippen LogP contribution is 2.20. The fourth-order valence-electron chi connectivity index (χ4n) is 2.42. The second-order valence-electron chi connectivity index (χ2n) is 5.61. The van der Waals surface area contributed by atoms with Crippen molar-refractivity contribution in [1.82, 2.24) is 4.72 Å². The number of rotatable bonds is 6. The molecule has 0 bridgehead atoms. The minimum atomic E-state index is -3.77. The van der Waals surface area contributed by atoms with Gasteiger partial charge in [-0.25, -0.2) is 8.42 Å². The van der Waals surface area contributed by atoms with E-state index in [0.717, 1.165) is 16.9 Å². The zero-order chi connectivity index (χ0) is 17.9. The molecule has 1 aliphatic rings. The minimum Gasteiger partial charge on any atom is -0.464 e. The van der Waals surface area contributed by atoms with Gasteiger partial charge in [-0.15, -0.1) is 11.6 Å². The molecule has 8 heteroatoms. The van der Waals surface area contributed by atoms with Crippen molar-refractivity contribution in [2.75, 3.05) is 11.9 Å². The maximum Gasteiger partial charge on any atom is 0.324 e. The molecule has 132 valence electrons. The van der Waals surface area contributed by atoms with Crippen LogP contribution in [-0.2, 0) is 25.4 Å². The molecule has 0 aromatic heterocycles. The van der Waals surface area contributed by atoms with Crippen LogP contribution in [0.3, 0.4) is 0 Å². The van der Waals surface area contributed by atoms with E-state index in [0.29, 0.717) is 12.3 Å². The lowest BCUT2D eigenvalue weighted by Crippen LogP contribution is -2.37. The van der Waals surface area contributed by atoms with Crippen molar-refractivity contribution in [3.63, 3.8) is 0 Å². The topological polar surface area (TPSA) is 84.5 Å². The first kappa shape index (κ1) is 17.7. The number of esters is 1. The van der Waals surface area contributed by atoms with Crippen LogP contribution in [0.15, 0.2) is 53.4 Å². The highest BCUT2D eigenvalue weighted by atomic mass is 35.5. The molecule has 1 fully saturated rings. The second kappa shape index (κ2) is 7.43. The first-order chi connectivity index (χ1) is 12.0. The first-order valence-corrected chi connectivity index (χ1v) is 9.71. The van der Waals surface area contributed by atoms with Gasteiger partial charge in [0.15, 0.2) is 0 Å². The van der Waals surface area contributed by atoms with Gasteiger partial charge in [-0.1, -0.05) is 12.1 Å². The zero-order valence-corrected chi connectivity index (χ0v) is 14.8. The Morgan fingerprint density at radius 1 is 1.04 bits per heavy atom. The molecule has 2 N–H and O–H groups in total. The van der Waals surface area contributed by atoms with Crippen molar-refractivity contribution in [1.29, 1.82) is 0 Å². The summed E-state index contributed by atoms with van der Waals surface area (Å²) >= 11 is 5.76. The van der Waals surface area contributed by atoms with Gasteiger partial charge >= 0.3 is 5.97 Å². The van der Waals surface area contributed by atoms with Crippen molar-refractivity contribution >= 4 is 39.0 Å². The van der Waals surface area contributed by atoms with E-state index in [9.17, 15) is 13.2 Å².